The van der Waals surface area contributed by atoms with Crippen molar-refractivity contribution in [3.05, 3.63) is 11.8 Å². The fourth-order valence-electron chi connectivity index (χ4n) is 2.59. The third-order valence-electron chi connectivity index (χ3n) is 3.75. The van der Waals surface area contributed by atoms with E-state index in [9.17, 15) is 4.79 Å². The minimum absolute atomic E-state index is 0.0433. The third-order valence-corrected chi connectivity index (χ3v) is 3.75. The van der Waals surface area contributed by atoms with E-state index in [4.69, 9.17) is 5.73 Å². The minimum atomic E-state index is 0.0433. The Morgan fingerprint density at radius 3 is 2.50 bits per heavy atom. The van der Waals surface area contributed by atoms with Gasteiger partial charge in [0.1, 0.15) is 0 Å². The van der Waals surface area contributed by atoms with Crippen LogP contribution in [0.25, 0.3) is 0 Å². The summed E-state index contributed by atoms with van der Waals surface area (Å²) in [6, 6.07) is 0.0433. The number of amides is 2. The second-order valence-electron chi connectivity index (χ2n) is 5.08. The molecule has 5 nitrogen and oxygen atoms in total. The summed E-state index contributed by atoms with van der Waals surface area (Å²) >= 11 is 0. The highest BCUT2D eigenvalue weighted by Crippen LogP contribution is 2.22. The second-order valence-corrected chi connectivity index (χ2v) is 5.08. The van der Waals surface area contributed by atoms with Crippen molar-refractivity contribution < 1.29 is 4.79 Å². The first kappa shape index (κ1) is 13.4. The monoisotopic (exact) mass is 252 g/mol. The quantitative estimate of drug-likeness (QED) is 0.778. The van der Waals surface area contributed by atoms with Crippen molar-refractivity contribution in [2.45, 2.75) is 25.7 Å². The molecule has 18 heavy (non-hydrogen) atoms. The molecule has 0 radical (unpaired) electrons. The highest BCUT2D eigenvalue weighted by atomic mass is 16.2. The van der Waals surface area contributed by atoms with Crippen molar-refractivity contribution in [3.8, 4) is 0 Å². The van der Waals surface area contributed by atoms with Crippen LogP contribution >= 0.6 is 0 Å². The maximum atomic E-state index is 11.9. The Kier molecular flexibility index (Phi) is 5.01. The molecule has 0 unspecified atom stereocenters. The molecule has 0 spiro atoms. The predicted molar refractivity (Wildman–Crippen MR) is 72.2 cm³/mol. The van der Waals surface area contributed by atoms with Crippen molar-refractivity contribution in [1.82, 2.24) is 15.1 Å². The van der Waals surface area contributed by atoms with Gasteiger partial charge >= 0.3 is 6.03 Å². The maximum Gasteiger partial charge on any atom is 0.321 e. The van der Waals surface area contributed by atoms with Gasteiger partial charge in [0.25, 0.3) is 0 Å². The molecule has 1 aliphatic carbocycles. The first-order valence-electron chi connectivity index (χ1n) is 6.95. The van der Waals surface area contributed by atoms with Gasteiger partial charge in [0, 0.05) is 45.5 Å². The van der Waals surface area contributed by atoms with Crippen LogP contribution in [0.15, 0.2) is 11.8 Å². The van der Waals surface area contributed by atoms with Crippen molar-refractivity contribution in [3.63, 3.8) is 0 Å². The lowest BCUT2D eigenvalue weighted by Crippen LogP contribution is -2.51. The molecule has 3 N–H and O–H groups in total. The average Bonchev–Trinajstić information content (AvgIpc) is 2.90. The van der Waals surface area contributed by atoms with Crippen LogP contribution in [0.3, 0.4) is 0 Å². The van der Waals surface area contributed by atoms with Crippen LogP contribution in [0.5, 0.6) is 0 Å². The van der Waals surface area contributed by atoms with E-state index in [-0.39, 0.29) is 6.03 Å². The first-order chi connectivity index (χ1) is 8.79. The molecular weight excluding hydrogens is 228 g/mol. The molecule has 0 aromatic heterocycles. The fraction of sp³-hybridized carbons (Fsp3) is 0.769. The van der Waals surface area contributed by atoms with Crippen LogP contribution in [0, 0.1) is 0 Å². The van der Waals surface area contributed by atoms with E-state index in [0.29, 0.717) is 6.54 Å². The molecule has 5 heteroatoms. The summed E-state index contributed by atoms with van der Waals surface area (Å²) in [6.07, 6.45) is 6.73. The molecule has 0 bridgehead atoms. The molecule has 0 atom stereocenters. The number of piperazine rings is 1. The zero-order valence-electron chi connectivity index (χ0n) is 11.0. The van der Waals surface area contributed by atoms with Crippen LogP contribution in [0.2, 0.25) is 0 Å². The lowest BCUT2D eigenvalue weighted by atomic mass is 10.2. The van der Waals surface area contributed by atoms with Gasteiger partial charge in [-0.2, -0.15) is 0 Å². The third kappa shape index (κ3) is 3.71. The zero-order valence-corrected chi connectivity index (χ0v) is 11.0. The highest BCUT2D eigenvalue weighted by molar-refractivity contribution is 5.75. The Labute approximate surface area is 109 Å². The van der Waals surface area contributed by atoms with Crippen molar-refractivity contribution >= 4 is 6.03 Å². The van der Waals surface area contributed by atoms with Gasteiger partial charge in [-0.05, 0) is 25.7 Å². The average molecular weight is 252 g/mol. The summed E-state index contributed by atoms with van der Waals surface area (Å²) in [4.78, 5) is 16.1. The SMILES string of the molecule is NCCN1CCN(C(=O)NC=C2CCCC2)CC1. The second kappa shape index (κ2) is 6.75. The van der Waals surface area contributed by atoms with E-state index in [1.165, 1.54) is 18.4 Å². The van der Waals surface area contributed by atoms with E-state index in [0.717, 1.165) is 45.6 Å². The lowest BCUT2D eigenvalue weighted by Gasteiger charge is -2.34. The topological polar surface area (TPSA) is 61.6 Å². The van der Waals surface area contributed by atoms with E-state index in [1.807, 2.05) is 11.1 Å². The predicted octanol–water partition coefficient (Wildman–Crippen LogP) is 0.730. The first-order valence-corrected chi connectivity index (χ1v) is 6.95. The van der Waals surface area contributed by atoms with Gasteiger partial charge in [0.05, 0.1) is 0 Å². The summed E-state index contributed by atoms with van der Waals surface area (Å²) in [5.74, 6) is 0. The Balaban J connectivity index is 1.72. The molecule has 102 valence electrons. The number of hydrogen-bond acceptors (Lipinski definition) is 3. The molecule has 2 rings (SSSR count). The number of carbonyl (C=O) groups is 1. The summed E-state index contributed by atoms with van der Waals surface area (Å²) in [5, 5.41) is 2.92. The van der Waals surface area contributed by atoms with Crippen LogP contribution in [-0.4, -0.2) is 55.1 Å². The molecule has 0 aromatic rings. The van der Waals surface area contributed by atoms with Gasteiger partial charge in [-0.3, -0.25) is 4.90 Å². The number of nitrogens with one attached hydrogen (secondary N) is 1. The van der Waals surface area contributed by atoms with Gasteiger partial charge < -0.3 is 16.0 Å². The zero-order chi connectivity index (χ0) is 12.8. The normalized spacial score (nSPS) is 21.2. The van der Waals surface area contributed by atoms with E-state index < -0.39 is 0 Å². The smallest absolute Gasteiger partial charge is 0.321 e. The number of nitrogens with zero attached hydrogens (tertiary/aromatic N) is 2. The number of rotatable bonds is 3. The Morgan fingerprint density at radius 1 is 1.22 bits per heavy atom. The molecule has 1 saturated heterocycles. The lowest BCUT2D eigenvalue weighted by molar-refractivity contribution is 0.143. The molecule has 2 aliphatic rings. The number of carbonyl (C=O) groups excluding carboxylic acids is 1. The highest BCUT2D eigenvalue weighted by Gasteiger charge is 2.20. The van der Waals surface area contributed by atoms with Crippen LogP contribution < -0.4 is 11.1 Å². The number of urea groups is 1. The largest absolute Gasteiger partial charge is 0.329 e. The van der Waals surface area contributed by atoms with Gasteiger partial charge in [-0.15, -0.1) is 0 Å². The minimum Gasteiger partial charge on any atom is -0.329 e. The summed E-state index contributed by atoms with van der Waals surface area (Å²) in [7, 11) is 0. The molecule has 1 saturated carbocycles. The summed E-state index contributed by atoms with van der Waals surface area (Å²) < 4.78 is 0. The Hall–Kier alpha value is -1.07. The number of nitrogens with two attached hydrogens (primary N) is 1. The molecule has 1 heterocycles. The number of hydrogen-bond donors (Lipinski definition) is 2. The van der Waals surface area contributed by atoms with Crippen molar-refractivity contribution in [2.24, 2.45) is 5.73 Å². The van der Waals surface area contributed by atoms with Gasteiger partial charge in [-0.1, -0.05) is 5.57 Å². The van der Waals surface area contributed by atoms with Crippen LogP contribution in [0.1, 0.15) is 25.7 Å². The standard InChI is InChI=1S/C13H24N4O/c14-5-6-16-7-9-17(10-8-16)13(18)15-11-12-3-1-2-4-12/h11H,1-10,14H2,(H,15,18). The van der Waals surface area contributed by atoms with E-state index in [1.54, 1.807) is 0 Å². The summed E-state index contributed by atoms with van der Waals surface area (Å²) in [6.45, 7) is 5.09. The van der Waals surface area contributed by atoms with Gasteiger partial charge in [0.2, 0.25) is 0 Å². The Bertz CT molecular complexity index is 300. The summed E-state index contributed by atoms with van der Waals surface area (Å²) in [5.41, 5.74) is 6.91. The molecule has 0 aromatic carbocycles. The van der Waals surface area contributed by atoms with Crippen molar-refractivity contribution in [1.29, 1.82) is 0 Å². The van der Waals surface area contributed by atoms with E-state index in [2.05, 4.69) is 10.2 Å². The maximum absolute atomic E-state index is 11.9. The molecule has 2 amide bonds. The van der Waals surface area contributed by atoms with Crippen LogP contribution in [0.4, 0.5) is 4.79 Å². The van der Waals surface area contributed by atoms with Crippen LogP contribution in [-0.2, 0) is 0 Å². The van der Waals surface area contributed by atoms with Crippen molar-refractivity contribution in [2.75, 3.05) is 39.3 Å². The number of allylic oxidation sites excluding steroid dienone is 1. The molecule has 1 aliphatic heterocycles. The van der Waals surface area contributed by atoms with Gasteiger partial charge in [-0.25, -0.2) is 4.79 Å². The fourth-order valence-corrected chi connectivity index (χ4v) is 2.59. The molecular formula is C13H24N4O. The molecule has 2 fully saturated rings. The van der Waals surface area contributed by atoms with Gasteiger partial charge in [0.15, 0.2) is 0 Å². The Morgan fingerprint density at radius 2 is 1.89 bits per heavy atom. The van der Waals surface area contributed by atoms with E-state index >= 15 is 0 Å².